The number of ether oxygens (including phenoxy) is 2. The van der Waals surface area contributed by atoms with Crippen molar-refractivity contribution in [3.63, 3.8) is 0 Å². The number of carbonyl (C=O) groups excluding carboxylic acids is 1. The minimum Gasteiger partial charge on any atom is -0.492 e. The van der Waals surface area contributed by atoms with Crippen molar-refractivity contribution in [3.05, 3.63) is 58.8 Å². The van der Waals surface area contributed by atoms with Gasteiger partial charge in [-0.05, 0) is 36.4 Å². The zero-order valence-corrected chi connectivity index (χ0v) is 14.3. The lowest BCUT2D eigenvalue weighted by Crippen LogP contribution is -2.34. The van der Waals surface area contributed by atoms with Gasteiger partial charge >= 0.3 is 0 Å². The van der Waals surface area contributed by atoms with Gasteiger partial charge in [0, 0.05) is 11.5 Å². The summed E-state index contributed by atoms with van der Waals surface area (Å²) in [4.78, 5) is 13.4. The second-order valence-electron chi connectivity index (χ2n) is 4.84. The highest BCUT2D eigenvalue weighted by molar-refractivity contribution is 9.10. The fraction of sp³-hybridized carbons (Fsp3) is 0.235. The van der Waals surface area contributed by atoms with E-state index in [2.05, 4.69) is 15.9 Å². The Morgan fingerprint density at radius 2 is 1.83 bits per heavy atom. The molecule has 0 aliphatic rings. The van der Waals surface area contributed by atoms with Gasteiger partial charge in [0.1, 0.15) is 12.4 Å². The minimum absolute atomic E-state index is 0.0698. The van der Waals surface area contributed by atoms with Crippen molar-refractivity contribution < 1.29 is 18.7 Å². The zero-order valence-electron chi connectivity index (χ0n) is 12.7. The standard InChI is InChI=1S/C17H17BrFNO3/c1-20(10-11-22-14-8-6-13(18)7-9-14)17(21)12-23-16-5-3-2-4-15(16)19/h2-9H,10-12H2,1H3. The Balaban J connectivity index is 1.72. The third kappa shape index (κ3) is 5.56. The highest BCUT2D eigenvalue weighted by atomic mass is 79.9. The summed E-state index contributed by atoms with van der Waals surface area (Å²) in [6.45, 7) is 0.564. The van der Waals surface area contributed by atoms with Crippen LogP contribution >= 0.6 is 15.9 Å². The molecular weight excluding hydrogens is 365 g/mol. The molecule has 2 aromatic carbocycles. The van der Waals surface area contributed by atoms with E-state index in [1.54, 1.807) is 19.2 Å². The lowest BCUT2D eigenvalue weighted by Gasteiger charge is -2.18. The molecule has 6 heteroatoms. The average Bonchev–Trinajstić information content (AvgIpc) is 2.55. The first-order valence-electron chi connectivity index (χ1n) is 7.06. The van der Waals surface area contributed by atoms with Gasteiger partial charge in [0.2, 0.25) is 0 Å². The smallest absolute Gasteiger partial charge is 0.260 e. The van der Waals surface area contributed by atoms with Gasteiger partial charge in [0.25, 0.3) is 5.91 Å². The highest BCUT2D eigenvalue weighted by Gasteiger charge is 2.11. The molecule has 0 aliphatic carbocycles. The zero-order chi connectivity index (χ0) is 16.7. The SMILES string of the molecule is CN(CCOc1ccc(Br)cc1)C(=O)COc1ccccc1F. The maximum Gasteiger partial charge on any atom is 0.260 e. The van der Waals surface area contributed by atoms with E-state index in [1.165, 1.54) is 17.0 Å². The van der Waals surface area contributed by atoms with Gasteiger partial charge in [-0.3, -0.25) is 4.79 Å². The van der Waals surface area contributed by atoms with Crippen LogP contribution in [0.3, 0.4) is 0 Å². The minimum atomic E-state index is -0.485. The molecule has 2 rings (SSSR count). The Hall–Kier alpha value is -2.08. The van der Waals surface area contributed by atoms with Crippen LogP contribution in [0, 0.1) is 5.82 Å². The molecule has 0 bridgehead atoms. The number of benzene rings is 2. The van der Waals surface area contributed by atoms with E-state index in [0.29, 0.717) is 13.2 Å². The van der Waals surface area contributed by atoms with Crippen molar-refractivity contribution in [2.75, 3.05) is 26.8 Å². The summed E-state index contributed by atoms with van der Waals surface area (Å²) in [5.41, 5.74) is 0. The number of amides is 1. The Morgan fingerprint density at radius 1 is 1.13 bits per heavy atom. The molecule has 0 atom stereocenters. The molecule has 0 saturated heterocycles. The lowest BCUT2D eigenvalue weighted by molar-refractivity contribution is -0.132. The van der Waals surface area contributed by atoms with Crippen LogP contribution in [0.2, 0.25) is 0 Å². The quantitative estimate of drug-likeness (QED) is 0.736. The predicted octanol–water partition coefficient (Wildman–Crippen LogP) is 3.50. The largest absolute Gasteiger partial charge is 0.492 e. The van der Waals surface area contributed by atoms with Crippen molar-refractivity contribution in [1.29, 1.82) is 0 Å². The molecule has 0 spiro atoms. The number of hydrogen-bond acceptors (Lipinski definition) is 3. The number of carbonyl (C=O) groups is 1. The summed E-state index contributed by atoms with van der Waals surface area (Å²) in [5.74, 6) is 0.0752. The average molecular weight is 382 g/mol. The van der Waals surface area contributed by atoms with E-state index < -0.39 is 5.82 Å². The molecule has 23 heavy (non-hydrogen) atoms. The van der Waals surface area contributed by atoms with E-state index in [1.807, 2.05) is 24.3 Å². The number of likely N-dealkylation sites (N-methyl/N-ethyl adjacent to an activating group) is 1. The van der Waals surface area contributed by atoms with Crippen LogP contribution in [-0.4, -0.2) is 37.6 Å². The molecule has 0 aromatic heterocycles. The fourth-order valence-corrected chi connectivity index (χ4v) is 2.03. The first-order valence-corrected chi connectivity index (χ1v) is 7.85. The third-order valence-corrected chi connectivity index (χ3v) is 3.65. The van der Waals surface area contributed by atoms with E-state index in [0.717, 1.165) is 10.2 Å². The molecule has 1 amide bonds. The first-order chi connectivity index (χ1) is 11.1. The second kappa shape index (κ2) is 8.53. The van der Waals surface area contributed by atoms with Crippen LogP contribution in [0.25, 0.3) is 0 Å². The van der Waals surface area contributed by atoms with Gasteiger partial charge in [-0.25, -0.2) is 4.39 Å². The molecule has 0 fully saturated rings. The summed E-state index contributed by atoms with van der Waals surface area (Å²) < 4.78 is 25.1. The first kappa shape index (κ1) is 17.3. The molecule has 0 unspecified atom stereocenters. The van der Waals surface area contributed by atoms with Crippen molar-refractivity contribution in [2.24, 2.45) is 0 Å². The number of nitrogens with zero attached hydrogens (tertiary/aromatic N) is 1. The van der Waals surface area contributed by atoms with Crippen molar-refractivity contribution in [1.82, 2.24) is 4.90 Å². The monoisotopic (exact) mass is 381 g/mol. The molecule has 0 saturated carbocycles. The van der Waals surface area contributed by atoms with E-state index >= 15 is 0 Å². The predicted molar refractivity (Wildman–Crippen MR) is 89.2 cm³/mol. The van der Waals surface area contributed by atoms with Crippen LogP contribution in [0.1, 0.15) is 0 Å². The van der Waals surface area contributed by atoms with Gasteiger partial charge in [0.05, 0.1) is 6.54 Å². The van der Waals surface area contributed by atoms with Gasteiger partial charge in [0.15, 0.2) is 18.2 Å². The third-order valence-electron chi connectivity index (χ3n) is 3.12. The molecule has 0 aliphatic heterocycles. The Labute approximate surface area is 142 Å². The van der Waals surface area contributed by atoms with Crippen molar-refractivity contribution in [2.45, 2.75) is 0 Å². The fourth-order valence-electron chi connectivity index (χ4n) is 1.77. The van der Waals surface area contributed by atoms with E-state index in [9.17, 15) is 9.18 Å². The molecule has 2 aromatic rings. The van der Waals surface area contributed by atoms with Crippen LogP contribution in [0.15, 0.2) is 53.0 Å². The molecule has 4 nitrogen and oxygen atoms in total. The van der Waals surface area contributed by atoms with Crippen LogP contribution < -0.4 is 9.47 Å². The molecule has 122 valence electrons. The summed E-state index contributed by atoms with van der Waals surface area (Å²) in [6, 6.07) is 13.4. The number of rotatable bonds is 7. The lowest BCUT2D eigenvalue weighted by atomic mass is 10.3. The molecule has 0 N–H and O–H groups in total. The summed E-state index contributed by atoms with van der Waals surface area (Å²) in [5, 5.41) is 0. The highest BCUT2D eigenvalue weighted by Crippen LogP contribution is 2.16. The van der Waals surface area contributed by atoms with Gasteiger partial charge in [-0.15, -0.1) is 0 Å². The number of para-hydroxylation sites is 1. The normalized spacial score (nSPS) is 10.2. The Morgan fingerprint density at radius 3 is 2.52 bits per heavy atom. The van der Waals surface area contributed by atoms with Crippen molar-refractivity contribution in [3.8, 4) is 11.5 Å². The molecule has 0 heterocycles. The summed E-state index contributed by atoms with van der Waals surface area (Å²) >= 11 is 3.35. The Bertz CT molecular complexity index is 649. The number of hydrogen-bond donors (Lipinski definition) is 0. The summed E-state index contributed by atoms with van der Waals surface area (Å²) in [6.07, 6.45) is 0. The Kier molecular flexibility index (Phi) is 6.40. The number of halogens is 2. The van der Waals surface area contributed by atoms with Crippen LogP contribution in [0.4, 0.5) is 4.39 Å². The van der Waals surface area contributed by atoms with Gasteiger partial charge in [-0.2, -0.15) is 0 Å². The molecule has 0 radical (unpaired) electrons. The topological polar surface area (TPSA) is 38.8 Å². The van der Waals surface area contributed by atoms with E-state index in [-0.39, 0.29) is 18.3 Å². The molecular formula is C17H17BrFNO3. The van der Waals surface area contributed by atoms with Crippen LogP contribution in [-0.2, 0) is 4.79 Å². The van der Waals surface area contributed by atoms with Crippen LogP contribution in [0.5, 0.6) is 11.5 Å². The van der Waals surface area contributed by atoms with E-state index in [4.69, 9.17) is 9.47 Å². The second-order valence-corrected chi connectivity index (χ2v) is 5.75. The maximum absolute atomic E-state index is 13.4. The van der Waals surface area contributed by atoms with Crippen molar-refractivity contribution >= 4 is 21.8 Å². The van der Waals surface area contributed by atoms with Gasteiger partial charge < -0.3 is 14.4 Å². The maximum atomic E-state index is 13.4. The summed E-state index contributed by atoms with van der Waals surface area (Å²) in [7, 11) is 1.65. The van der Waals surface area contributed by atoms with Gasteiger partial charge in [-0.1, -0.05) is 28.1 Å².